The third kappa shape index (κ3) is 4.00. The van der Waals surface area contributed by atoms with Gasteiger partial charge in [-0.2, -0.15) is 4.31 Å². The number of fused-ring (bicyclic) bond motifs is 3. The van der Waals surface area contributed by atoms with E-state index in [0.717, 1.165) is 0 Å². The Hall–Kier alpha value is -3.24. The van der Waals surface area contributed by atoms with Crippen LogP contribution in [0.5, 0.6) is 17.4 Å². The molecule has 1 saturated heterocycles. The summed E-state index contributed by atoms with van der Waals surface area (Å²) in [5.74, 6) is 0.402. The lowest BCUT2D eigenvalue weighted by Gasteiger charge is -2.34. The molecule has 0 bridgehead atoms. The minimum Gasteiger partial charge on any atom is -0.497 e. The van der Waals surface area contributed by atoms with E-state index >= 15 is 0 Å². The number of halogens is 1. The van der Waals surface area contributed by atoms with Gasteiger partial charge in [0, 0.05) is 42.4 Å². The summed E-state index contributed by atoms with van der Waals surface area (Å²) in [5.41, 5.74) is 0.514. The molecular weight excluding hydrogens is 449 g/mol. The number of aromatic nitrogens is 2. The fourth-order valence-corrected chi connectivity index (χ4v) is 6.25. The van der Waals surface area contributed by atoms with Gasteiger partial charge < -0.3 is 14.2 Å². The van der Waals surface area contributed by atoms with Crippen molar-refractivity contribution in [3.63, 3.8) is 0 Å². The van der Waals surface area contributed by atoms with Gasteiger partial charge in [0.2, 0.25) is 15.9 Å². The number of benzene rings is 2. The first-order valence-electron chi connectivity index (χ1n) is 10.4. The minimum atomic E-state index is -3.92. The molecule has 0 saturated carbocycles. The first-order chi connectivity index (χ1) is 16.0. The van der Waals surface area contributed by atoms with Crippen LogP contribution < -0.4 is 14.2 Å². The molecule has 2 aliphatic heterocycles. The van der Waals surface area contributed by atoms with Gasteiger partial charge in [-0.25, -0.2) is 17.8 Å². The zero-order valence-electron chi connectivity index (χ0n) is 17.8. The third-order valence-corrected chi connectivity index (χ3v) is 7.93. The molecule has 0 aliphatic carbocycles. The SMILES string of the molecule is COc1cccc(S(=O)(=O)N2C[C@@H](COc3cnccn3)[C@@H]3COc4ccc(F)cc4[C@@H]32)c1. The quantitative estimate of drug-likeness (QED) is 0.546. The van der Waals surface area contributed by atoms with E-state index in [9.17, 15) is 12.8 Å². The average Bonchev–Trinajstić information content (AvgIpc) is 3.23. The highest BCUT2D eigenvalue weighted by atomic mass is 32.2. The van der Waals surface area contributed by atoms with Crippen molar-refractivity contribution in [2.75, 3.05) is 26.9 Å². The standard InChI is InChI=1S/C23H22FN3O5S/c1-30-17-3-2-4-18(10-17)33(28,29)27-12-15(13-32-22-11-25-7-8-26-22)20-14-31-21-6-5-16(24)9-19(21)23(20)27/h2-11,15,20,23H,12-14H2,1H3/t15-,20-,23-/m0/s1. The molecule has 0 amide bonds. The summed E-state index contributed by atoms with van der Waals surface area (Å²) < 4.78 is 60.0. The summed E-state index contributed by atoms with van der Waals surface area (Å²) in [4.78, 5) is 8.22. The molecule has 0 spiro atoms. The summed E-state index contributed by atoms with van der Waals surface area (Å²) in [5, 5.41) is 0. The van der Waals surface area contributed by atoms with Crippen LogP contribution in [0.2, 0.25) is 0 Å². The molecule has 0 unspecified atom stereocenters. The van der Waals surface area contributed by atoms with Crippen molar-refractivity contribution in [2.45, 2.75) is 10.9 Å². The van der Waals surface area contributed by atoms with Gasteiger partial charge in [-0.15, -0.1) is 0 Å². The second-order valence-corrected chi connectivity index (χ2v) is 9.86. The van der Waals surface area contributed by atoms with Gasteiger partial charge in [-0.1, -0.05) is 6.07 Å². The van der Waals surface area contributed by atoms with Crippen LogP contribution in [0, 0.1) is 17.7 Å². The van der Waals surface area contributed by atoms with Crippen LogP contribution in [0.1, 0.15) is 11.6 Å². The second kappa shape index (κ2) is 8.60. The zero-order chi connectivity index (χ0) is 23.0. The van der Waals surface area contributed by atoms with Gasteiger partial charge in [0.25, 0.3) is 0 Å². The topological polar surface area (TPSA) is 90.9 Å². The van der Waals surface area contributed by atoms with Gasteiger partial charge in [0.1, 0.15) is 17.3 Å². The molecule has 3 heterocycles. The number of sulfonamides is 1. The maximum Gasteiger partial charge on any atom is 0.243 e. The number of nitrogens with zero attached hydrogens (tertiary/aromatic N) is 3. The molecule has 3 atom stereocenters. The van der Waals surface area contributed by atoms with E-state index in [1.165, 1.54) is 48.1 Å². The Bertz CT molecular complexity index is 1260. The van der Waals surface area contributed by atoms with Gasteiger partial charge in [0.15, 0.2) is 0 Å². The maximum atomic E-state index is 14.2. The highest BCUT2D eigenvalue weighted by molar-refractivity contribution is 7.89. The van der Waals surface area contributed by atoms with Crippen molar-refractivity contribution in [1.82, 2.24) is 14.3 Å². The largest absolute Gasteiger partial charge is 0.497 e. The van der Waals surface area contributed by atoms with Crippen molar-refractivity contribution in [1.29, 1.82) is 0 Å². The molecule has 0 N–H and O–H groups in total. The van der Waals surface area contributed by atoms with E-state index in [1.54, 1.807) is 24.4 Å². The van der Waals surface area contributed by atoms with Crippen molar-refractivity contribution >= 4 is 10.0 Å². The Balaban J connectivity index is 1.52. The molecule has 10 heteroatoms. The van der Waals surface area contributed by atoms with Crippen molar-refractivity contribution < 1.29 is 27.0 Å². The van der Waals surface area contributed by atoms with Crippen molar-refractivity contribution in [3.8, 4) is 17.4 Å². The molecule has 1 aromatic heterocycles. The molecule has 3 aromatic rings. The lowest BCUT2D eigenvalue weighted by Crippen LogP contribution is -2.35. The molecule has 172 valence electrons. The Morgan fingerprint density at radius 3 is 2.88 bits per heavy atom. The number of hydrogen-bond donors (Lipinski definition) is 0. The summed E-state index contributed by atoms with van der Waals surface area (Å²) in [6.45, 7) is 0.703. The molecule has 5 rings (SSSR count). The number of ether oxygens (including phenoxy) is 3. The Morgan fingerprint density at radius 1 is 1.21 bits per heavy atom. The van der Waals surface area contributed by atoms with Crippen LogP contribution in [0.15, 0.2) is 66.0 Å². The van der Waals surface area contributed by atoms with Crippen LogP contribution in [-0.2, 0) is 10.0 Å². The summed E-state index contributed by atoms with van der Waals surface area (Å²) in [7, 11) is -2.44. The molecule has 2 aromatic carbocycles. The maximum absolute atomic E-state index is 14.2. The third-order valence-electron chi connectivity index (χ3n) is 6.09. The monoisotopic (exact) mass is 471 g/mol. The van der Waals surface area contributed by atoms with E-state index < -0.39 is 21.9 Å². The predicted octanol–water partition coefficient (Wildman–Crippen LogP) is 3.07. The van der Waals surface area contributed by atoms with Crippen LogP contribution in [0.4, 0.5) is 4.39 Å². The number of methoxy groups -OCH3 is 1. The Kier molecular flexibility index (Phi) is 5.63. The summed E-state index contributed by atoms with van der Waals surface area (Å²) in [6.07, 6.45) is 4.57. The first kappa shape index (κ1) is 21.6. The van der Waals surface area contributed by atoms with E-state index in [1.807, 2.05) is 0 Å². The second-order valence-electron chi connectivity index (χ2n) is 7.97. The molecule has 1 fully saturated rings. The molecular formula is C23H22FN3O5S. The fourth-order valence-electron chi connectivity index (χ4n) is 4.51. The van der Waals surface area contributed by atoms with Gasteiger partial charge in [-0.05, 0) is 30.3 Å². The fraction of sp³-hybridized carbons (Fsp3) is 0.304. The lowest BCUT2D eigenvalue weighted by molar-refractivity contribution is 0.134. The average molecular weight is 472 g/mol. The molecule has 8 nitrogen and oxygen atoms in total. The van der Waals surface area contributed by atoms with Gasteiger partial charge >= 0.3 is 0 Å². The van der Waals surface area contributed by atoms with E-state index in [0.29, 0.717) is 29.5 Å². The predicted molar refractivity (Wildman–Crippen MR) is 116 cm³/mol. The zero-order valence-corrected chi connectivity index (χ0v) is 18.6. The smallest absolute Gasteiger partial charge is 0.243 e. The number of rotatable bonds is 6. The highest BCUT2D eigenvalue weighted by Gasteiger charge is 2.51. The molecule has 33 heavy (non-hydrogen) atoms. The summed E-state index contributed by atoms with van der Waals surface area (Å²) >= 11 is 0. The van der Waals surface area contributed by atoms with E-state index in [2.05, 4.69) is 9.97 Å². The molecule has 2 aliphatic rings. The van der Waals surface area contributed by atoms with E-state index in [4.69, 9.17) is 14.2 Å². The Labute approximate surface area is 191 Å². The normalized spacial score (nSPS) is 22.2. The van der Waals surface area contributed by atoms with Gasteiger partial charge in [0.05, 0.1) is 37.5 Å². The van der Waals surface area contributed by atoms with Crippen molar-refractivity contribution in [2.24, 2.45) is 11.8 Å². The minimum absolute atomic E-state index is 0.112. The highest BCUT2D eigenvalue weighted by Crippen LogP contribution is 2.49. The van der Waals surface area contributed by atoms with Crippen LogP contribution >= 0.6 is 0 Å². The lowest BCUT2D eigenvalue weighted by atomic mass is 9.86. The van der Waals surface area contributed by atoms with Crippen LogP contribution in [0.3, 0.4) is 0 Å². The van der Waals surface area contributed by atoms with Gasteiger partial charge in [-0.3, -0.25) is 4.98 Å². The molecule has 0 radical (unpaired) electrons. The summed E-state index contributed by atoms with van der Waals surface area (Å²) in [6, 6.07) is 9.95. The number of hydrogen-bond acceptors (Lipinski definition) is 7. The first-order valence-corrected chi connectivity index (χ1v) is 11.9. The van der Waals surface area contributed by atoms with E-state index in [-0.39, 0.29) is 29.9 Å². The van der Waals surface area contributed by atoms with Crippen molar-refractivity contribution in [3.05, 3.63) is 72.4 Å². The Morgan fingerprint density at radius 2 is 2.09 bits per heavy atom. The van der Waals surface area contributed by atoms with Crippen LogP contribution in [-0.4, -0.2) is 49.6 Å². The van der Waals surface area contributed by atoms with Crippen LogP contribution in [0.25, 0.3) is 0 Å².